The van der Waals surface area contributed by atoms with Gasteiger partial charge in [-0.25, -0.2) is 4.99 Å². The molecule has 0 radical (unpaired) electrons. The summed E-state index contributed by atoms with van der Waals surface area (Å²) in [5.41, 5.74) is 5.64. The van der Waals surface area contributed by atoms with Crippen molar-refractivity contribution in [1.82, 2.24) is 9.88 Å². The summed E-state index contributed by atoms with van der Waals surface area (Å²) in [6.45, 7) is 4.19. The van der Waals surface area contributed by atoms with Crippen LogP contribution in [0.2, 0.25) is 0 Å². The summed E-state index contributed by atoms with van der Waals surface area (Å²) in [6.07, 6.45) is 3.77. The molecule has 0 bridgehead atoms. The Labute approximate surface area is 207 Å². The van der Waals surface area contributed by atoms with Crippen LogP contribution in [-0.2, 0) is 16.1 Å². The summed E-state index contributed by atoms with van der Waals surface area (Å²) in [7, 11) is 0. The van der Waals surface area contributed by atoms with E-state index in [4.69, 9.17) is 0 Å². The number of rotatable bonds is 5. The molecule has 1 aliphatic heterocycles. The number of carbonyl (C=O) groups excluding carboxylic acids is 2. The van der Waals surface area contributed by atoms with Crippen LogP contribution in [0.4, 0.5) is 11.4 Å². The van der Waals surface area contributed by atoms with Gasteiger partial charge in [0.2, 0.25) is 5.91 Å². The molecule has 2 heterocycles. The smallest absolute Gasteiger partial charge is 0.264 e. The predicted molar refractivity (Wildman–Crippen MR) is 144 cm³/mol. The van der Waals surface area contributed by atoms with Crippen LogP contribution in [0.5, 0.6) is 0 Å². The van der Waals surface area contributed by atoms with Gasteiger partial charge < -0.3 is 15.2 Å². The van der Waals surface area contributed by atoms with E-state index in [1.54, 1.807) is 0 Å². The maximum atomic E-state index is 12.7. The van der Waals surface area contributed by atoms with E-state index in [2.05, 4.69) is 15.6 Å². The quantitative estimate of drug-likeness (QED) is 0.355. The summed E-state index contributed by atoms with van der Waals surface area (Å²) < 4.78 is 1.91. The first-order valence-corrected chi connectivity index (χ1v) is 12.1. The van der Waals surface area contributed by atoms with E-state index in [1.807, 2.05) is 103 Å². The molecule has 5 rings (SSSR count). The number of benzene rings is 3. The molecule has 3 aromatic carbocycles. The minimum atomic E-state index is -0.185. The van der Waals surface area contributed by atoms with Crippen molar-refractivity contribution in [3.8, 4) is 0 Å². The number of fused-ring (bicyclic) bond motifs is 1. The summed E-state index contributed by atoms with van der Waals surface area (Å²) in [4.78, 5) is 30.5. The molecule has 1 aromatic heterocycles. The van der Waals surface area contributed by atoms with E-state index in [9.17, 15) is 9.59 Å². The van der Waals surface area contributed by atoms with Crippen LogP contribution in [0, 0.1) is 13.8 Å². The SMILES string of the molecule is Cc1ccc(N=C2NC(=O)C(=Cc3cn(CC(=O)Nc4ccc(C)cc4)c4ccccc34)S2)cc1. The Hall–Kier alpha value is -4.10. The minimum absolute atomic E-state index is 0.116. The molecule has 0 aliphatic carbocycles. The lowest BCUT2D eigenvalue weighted by molar-refractivity contribution is -0.117. The number of carbonyl (C=O) groups is 2. The van der Waals surface area contributed by atoms with Crippen molar-refractivity contribution in [1.29, 1.82) is 0 Å². The third-order valence-electron chi connectivity index (χ3n) is 5.67. The number of para-hydroxylation sites is 1. The maximum absolute atomic E-state index is 12.7. The van der Waals surface area contributed by atoms with Gasteiger partial charge in [-0.1, -0.05) is 53.6 Å². The Kier molecular flexibility index (Phi) is 6.25. The molecule has 1 aliphatic rings. The fraction of sp³-hybridized carbons (Fsp3) is 0.107. The number of anilines is 1. The summed E-state index contributed by atoms with van der Waals surface area (Å²) in [5, 5.41) is 7.31. The molecule has 174 valence electrons. The van der Waals surface area contributed by atoms with E-state index in [0.717, 1.165) is 39.0 Å². The van der Waals surface area contributed by atoms with Gasteiger partial charge in [-0.05, 0) is 62.0 Å². The lowest BCUT2D eigenvalue weighted by Crippen LogP contribution is -2.19. The maximum Gasteiger partial charge on any atom is 0.264 e. The zero-order chi connectivity index (χ0) is 24.4. The van der Waals surface area contributed by atoms with Crippen LogP contribution in [0.3, 0.4) is 0 Å². The number of aromatic nitrogens is 1. The van der Waals surface area contributed by atoms with Crippen molar-refractivity contribution in [3.05, 3.63) is 101 Å². The summed E-state index contributed by atoms with van der Waals surface area (Å²) in [6, 6.07) is 23.4. The Bertz CT molecular complexity index is 1480. The zero-order valence-electron chi connectivity index (χ0n) is 19.4. The van der Waals surface area contributed by atoms with Crippen LogP contribution in [0.25, 0.3) is 17.0 Å². The highest BCUT2D eigenvalue weighted by molar-refractivity contribution is 8.18. The molecule has 0 spiro atoms. The number of amidine groups is 1. The van der Waals surface area contributed by atoms with Crippen molar-refractivity contribution in [2.45, 2.75) is 20.4 Å². The van der Waals surface area contributed by atoms with Crippen molar-refractivity contribution in [2.24, 2.45) is 4.99 Å². The molecule has 35 heavy (non-hydrogen) atoms. The lowest BCUT2D eigenvalue weighted by Gasteiger charge is -2.07. The van der Waals surface area contributed by atoms with Crippen LogP contribution in [-0.4, -0.2) is 21.5 Å². The molecule has 6 nitrogen and oxygen atoms in total. The lowest BCUT2D eigenvalue weighted by atomic mass is 10.1. The van der Waals surface area contributed by atoms with Gasteiger partial charge in [0.1, 0.15) is 6.54 Å². The first-order chi connectivity index (χ1) is 16.9. The molecule has 2 amide bonds. The molecule has 1 saturated heterocycles. The van der Waals surface area contributed by atoms with Gasteiger partial charge in [-0.15, -0.1) is 0 Å². The highest BCUT2D eigenvalue weighted by atomic mass is 32.2. The van der Waals surface area contributed by atoms with Gasteiger partial charge in [0, 0.05) is 28.4 Å². The Balaban J connectivity index is 1.39. The van der Waals surface area contributed by atoms with Crippen LogP contribution in [0.15, 0.2) is 88.9 Å². The number of aryl methyl sites for hydroxylation is 2. The van der Waals surface area contributed by atoms with E-state index in [1.165, 1.54) is 11.8 Å². The Morgan fingerprint density at radius 2 is 1.69 bits per heavy atom. The first-order valence-electron chi connectivity index (χ1n) is 11.3. The topological polar surface area (TPSA) is 75.5 Å². The largest absolute Gasteiger partial charge is 0.337 e. The molecule has 0 saturated carbocycles. The Morgan fingerprint density at radius 1 is 1.00 bits per heavy atom. The average molecular weight is 481 g/mol. The molecular weight excluding hydrogens is 456 g/mol. The van der Waals surface area contributed by atoms with E-state index in [-0.39, 0.29) is 18.4 Å². The Morgan fingerprint density at radius 3 is 2.43 bits per heavy atom. The van der Waals surface area contributed by atoms with Crippen molar-refractivity contribution in [2.75, 3.05) is 5.32 Å². The third kappa shape index (κ3) is 5.20. The van der Waals surface area contributed by atoms with Gasteiger partial charge in [-0.3, -0.25) is 9.59 Å². The first kappa shape index (κ1) is 22.7. The second kappa shape index (κ2) is 9.64. The molecular formula is C28H24N4O2S. The number of nitrogens with zero attached hydrogens (tertiary/aromatic N) is 2. The molecule has 2 N–H and O–H groups in total. The molecule has 0 atom stereocenters. The van der Waals surface area contributed by atoms with E-state index >= 15 is 0 Å². The van der Waals surface area contributed by atoms with Gasteiger partial charge >= 0.3 is 0 Å². The minimum Gasteiger partial charge on any atom is -0.337 e. The number of nitrogens with one attached hydrogen (secondary N) is 2. The fourth-order valence-corrected chi connectivity index (χ4v) is 4.70. The van der Waals surface area contributed by atoms with E-state index < -0.39 is 0 Å². The highest BCUT2D eigenvalue weighted by Crippen LogP contribution is 2.31. The van der Waals surface area contributed by atoms with Gasteiger partial charge in [0.15, 0.2) is 5.17 Å². The van der Waals surface area contributed by atoms with Crippen molar-refractivity contribution >= 4 is 57.1 Å². The molecule has 0 unspecified atom stereocenters. The van der Waals surface area contributed by atoms with Crippen molar-refractivity contribution in [3.63, 3.8) is 0 Å². The normalized spacial score (nSPS) is 15.7. The number of aliphatic imine (C=N–C) groups is 1. The average Bonchev–Trinajstić information content (AvgIpc) is 3.36. The highest BCUT2D eigenvalue weighted by Gasteiger charge is 2.24. The number of thioether (sulfide) groups is 1. The van der Waals surface area contributed by atoms with Crippen LogP contribution < -0.4 is 10.6 Å². The zero-order valence-corrected chi connectivity index (χ0v) is 20.2. The number of hydrogen-bond donors (Lipinski definition) is 2. The van der Waals surface area contributed by atoms with Gasteiger partial charge in [0.05, 0.1) is 10.6 Å². The van der Waals surface area contributed by atoms with Gasteiger partial charge in [-0.2, -0.15) is 0 Å². The fourth-order valence-electron chi connectivity index (χ4n) is 3.87. The molecule has 7 heteroatoms. The summed E-state index contributed by atoms with van der Waals surface area (Å²) in [5.74, 6) is -0.302. The second-order valence-corrected chi connectivity index (χ2v) is 9.49. The second-order valence-electron chi connectivity index (χ2n) is 8.46. The molecule has 4 aromatic rings. The predicted octanol–water partition coefficient (Wildman–Crippen LogP) is 5.79. The van der Waals surface area contributed by atoms with Crippen LogP contribution in [0.1, 0.15) is 16.7 Å². The van der Waals surface area contributed by atoms with E-state index in [0.29, 0.717) is 10.1 Å². The monoisotopic (exact) mass is 480 g/mol. The number of amides is 2. The van der Waals surface area contributed by atoms with Crippen LogP contribution >= 0.6 is 11.8 Å². The third-order valence-corrected chi connectivity index (χ3v) is 6.58. The van der Waals surface area contributed by atoms with Gasteiger partial charge in [0.25, 0.3) is 5.91 Å². The van der Waals surface area contributed by atoms with Crippen molar-refractivity contribution < 1.29 is 9.59 Å². The molecule has 1 fully saturated rings. The number of hydrogen-bond acceptors (Lipinski definition) is 4. The standard InChI is InChI=1S/C28H24N4O2S/c1-18-7-11-21(12-8-18)29-26(33)17-32-16-20(23-5-3-4-6-24(23)32)15-25-27(34)31-28(35-25)30-22-13-9-19(2)10-14-22/h3-16H,17H2,1-2H3,(H,29,33)(H,30,31,34). The summed E-state index contributed by atoms with van der Waals surface area (Å²) >= 11 is 1.31.